The SMILES string of the molecule is Cc1ccsc1CNCC1(CCO)CC1. The fourth-order valence-corrected chi connectivity index (χ4v) is 2.83. The Kier molecular flexibility index (Phi) is 3.44. The van der Waals surface area contributed by atoms with E-state index in [2.05, 4.69) is 23.7 Å². The van der Waals surface area contributed by atoms with Crippen molar-refractivity contribution in [3.63, 3.8) is 0 Å². The summed E-state index contributed by atoms with van der Waals surface area (Å²) in [6, 6.07) is 2.17. The molecule has 1 saturated carbocycles. The number of hydrogen-bond donors (Lipinski definition) is 2. The van der Waals surface area contributed by atoms with E-state index in [9.17, 15) is 0 Å². The Labute approximate surface area is 95.3 Å². The fraction of sp³-hybridized carbons (Fsp3) is 0.667. The van der Waals surface area contributed by atoms with Crippen LogP contribution in [0.3, 0.4) is 0 Å². The van der Waals surface area contributed by atoms with E-state index in [1.165, 1.54) is 23.3 Å². The second kappa shape index (κ2) is 4.64. The third-order valence-electron chi connectivity index (χ3n) is 3.35. The molecule has 1 aliphatic rings. The summed E-state index contributed by atoms with van der Waals surface area (Å²) in [5, 5.41) is 14.6. The summed E-state index contributed by atoms with van der Waals surface area (Å²) >= 11 is 1.82. The van der Waals surface area contributed by atoms with Gasteiger partial charge in [-0.1, -0.05) is 0 Å². The van der Waals surface area contributed by atoms with E-state index >= 15 is 0 Å². The van der Waals surface area contributed by atoms with Gasteiger partial charge < -0.3 is 10.4 Å². The van der Waals surface area contributed by atoms with Crippen molar-refractivity contribution in [3.05, 3.63) is 21.9 Å². The first-order chi connectivity index (χ1) is 7.26. The molecule has 3 heteroatoms. The number of thiophene rings is 1. The van der Waals surface area contributed by atoms with Crippen LogP contribution in [0.2, 0.25) is 0 Å². The second-order valence-electron chi connectivity index (χ2n) is 4.60. The Hall–Kier alpha value is -0.380. The van der Waals surface area contributed by atoms with Crippen LogP contribution in [0, 0.1) is 12.3 Å². The summed E-state index contributed by atoms with van der Waals surface area (Å²) in [6.45, 7) is 4.54. The summed E-state index contributed by atoms with van der Waals surface area (Å²) in [5.74, 6) is 0. The summed E-state index contributed by atoms with van der Waals surface area (Å²) in [7, 11) is 0. The molecule has 2 N–H and O–H groups in total. The molecule has 2 rings (SSSR count). The van der Waals surface area contributed by atoms with Gasteiger partial charge in [0, 0.05) is 24.6 Å². The molecule has 1 aromatic rings. The van der Waals surface area contributed by atoms with Gasteiger partial charge in [0.1, 0.15) is 0 Å². The van der Waals surface area contributed by atoms with Crippen LogP contribution >= 0.6 is 11.3 Å². The number of aliphatic hydroxyl groups excluding tert-OH is 1. The van der Waals surface area contributed by atoms with Gasteiger partial charge >= 0.3 is 0 Å². The van der Waals surface area contributed by atoms with Gasteiger partial charge in [-0.05, 0) is 48.6 Å². The van der Waals surface area contributed by atoms with E-state index in [-0.39, 0.29) is 0 Å². The highest BCUT2D eigenvalue weighted by molar-refractivity contribution is 7.10. The predicted octanol–water partition coefficient (Wildman–Crippen LogP) is 2.31. The molecular weight excluding hydrogens is 206 g/mol. The molecule has 84 valence electrons. The largest absolute Gasteiger partial charge is 0.396 e. The molecule has 0 atom stereocenters. The Morgan fingerprint density at radius 1 is 1.53 bits per heavy atom. The lowest BCUT2D eigenvalue weighted by Crippen LogP contribution is -2.24. The van der Waals surface area contributed by atoms with Crippen molar-refractivity contribution in [2.45, 2.75) is 32.7 Å². The molecule has 0 aliphatic heterocycles. The summed E-state index contributed by atoms with van der Waals surface area (Å²) in [5.41, 5.74) is 1.82. The van der Waals surface area contributed by atoms with Gasteiger partial charge in [-0.25, -0.2) is 0 Å². The quantitative estimate of drug-likeness (QED) is 0.778. The predicted molar refractivity (Wildman–Crippen MR) is 64.1 cm³/mol. The van der Waals surface area contributed by atoms with Crippen LogP contribution in [-0.4, -0.2) is 18.3 Å². The molecule has 1 aromatic heterocycles. The Bertz CT molecular complexity index is 317. The molecule has 1 heterocycles. The van der Waals surface area contributed by atoms with Crippen molar-refractivity contribution >= 4 is 11.3 Å². The smallest absolute Gasteiger partial charge is 0.0436 e. The molecule has 1 fully saturated rings. The van der Waals surface area contributed by atoms with Gasteiger partial charge in [-0.15, -0.1) is 11.3 Å². The highest BCUT2D eigenvalue weighted by atomic mass is 32.1. The third-order valence-corrected chi connectivity index (χ3v) is 4.38. The lowest BCUT2D eigenvalue weighted by Gasteiger charge is -2.14. The van der Waals surface area contributed by atoms with Gasteiger partial charge in [0.05, 0.1) is 0 Å². The van der Waals surface area contributed by atoms with Crippen molar-refractivity contribution in [3.8, 4) is 0 Å². The zero-order valence-corrected chi connectivity index (χ0v) is 10.1. The molecule has 0 radical (unpaired) electrons. The van der Waals surface area contributed by atoms with E-state index in [1.54, 1.807) is 0 Å². The maximum Gasteiger partial charge on any atom is 0.0436 e. The van der Waals surface area contributed by atoms with Gasteiger partial charge in [-0.2, -0.15) is 0 Å². The zero-order valence-electron chi connectivity index (χ0n) is 9.25. The molecule has 0 amide bonds. The molecule has 15 heavy (non-hydrogen) atoms. The Morgan fingerprint density at radius 2 is 2.33 bits per heavy atom. The lowest BCUT2D eigenvalue weighted by atomic mass is 10.0. The average Bonchev–Trinajstić information content (AvgIpc) is 2.85. The minimum Gasteiger partial charge on any atom is -0.396 e. The first-order valence-corrected chi connectivity index (χ1v) is 6.48. The first kappa shape index (κ1) is 11.1. The standard InChI is InChI=1S/C12H19NOS/c1-10-2-7-15-11(10)8-13-9-12(3-4-12)5-6-14/h2,7,13-14H,3-6,8-9H2,1H3. The molecule has 2 nitrogen and oxygen atoms in total. The monoisotopic (exact) mass is 225 g/mol. The Balaban J connectivity index is 1.73. The van der Waals surface area contributed by atoms with Crippen LogP contribution in [0.1, 0.15) is 29.7 Å². The highest BCUT2D eigenvalue weighted by Gasteiger charge is 2.41. The molecule has 1 aliphatic carbocycles. The summed E-state index contributed by atoms with van der Waals surface area (Å²) < 4.78 is 0. The number of rotatable bonds is 6. The van der Waals surface area contributed by atoms with Crippen molar-refractivity contribution in [2.24, 2.45) is 5.41 Å². The highest BCUT2D eigenvalue weighted by Crippen LogP contribution is 2.47. The number of nitrogens with one attached hydrogen (secondary N) is 1. The van der Waals surface area contributed by atoms with Crippen LogP contribution in [0.25, 0.3) is 0 Å². The van der Waals surface area contributed by atoms with Crippen molar-refractivity contribution in [1.82, 2.24) is 5.32 Å². The second-order valence-corrected chi connectivity index (χ2v) is 5.60. The maximum absolute atomic E-state index is 8.94. The molecule has 0 saturated heterocycles. The molecular formula is C12H19NOS. The molecule has 0 unspecified atom stereocenters. The van der Waals surface area contributed by atoms with Crippen LogP contribution in [-0.2, 0) is 6.54 Å². The average molecular weight is 225 g/mol. The number of aliphatic hydroxyl groups is 1. The van der Waals surface area contributed by atoms with Gasteiger partial charge in [-0.3, -0.25) is 0 Å². The van der Waals surface area contributed by atoms with E-state index in [0.29, 0.717) is 12.0 Å². The minimum atomic E-state index is 0.333. The van der Waals surface area contributed by atoms with Crippen LogP contribution in [0.5, 0.6) is 0 Å². The van der Waals surface area contributed by atoms with Crippen molar-refractivity contribution in [1.29, 1.82) is 0 Å². The topological polar surface area (TPSA) is 32.3 Å². The zero-order chi connectivity index (χ0) is 10.7. The first-order valence-electron chi connectivity index (χ1n) is 5.60. The van der Waals surface area contributed by atoms with Crippen molar-refractivity contribution < 1.29 is 5.11 Å². The van der Waals surface area contributed by atoms with E-state index < -0.39 is 0 Å². The maximum atomic E-state index is 8.94. The van der Waals surface area contributed by atoms with E-state index in [1.807, 2.05) is 11.3 Å². The lowest BCUT2D eigenvalue weighted by molar-refractivity contribution is 0.245. The van der Waals surface area contributed by atoms with Gasteiger partial charge in [0.2, 0.25) is 0 Å². The van der Waals surface area contributed by atoms with E-state index in [0.717, 1.165) is 19.5 Å². The van der Waals surface area contributed by atoms with Crippen molar-refractivity contribution in [2.75, 3.05) is 13.2 Å². The third kappa shape index (κ3) is 2.80. The minimum absolute atomic E-state index is 0.333. The molecule has 0 spiro atoms. The molecule has 0 aromatic carbocycles. The summed E-state index contributed by atoms with van der Waals surface area (Å²) in [4.78, 5) is 1.44. The van der Waals surface area contributed by atoms with Gasteiger partial charge in [0.25, 0.3) is 0 Å². The van der Waals surface area contributed by atoms with Crippen LogP contribution in [0.15, 0.2) is 11.4 Å². The Morgan fingerprint density at radius 3 is 2.87 bits per heavy atom. The molecule has 0 bridgehead atoms. The van der Waals surface area contributed by atoms with Crippen LogP contribution < -0.4 is 5.32 Å². The number of hydrogen-bond acceptors (Lipinski definition) is 3. The van der Waals surface area contributed by atoms with E-state index in [4.69, 9.17) is 5.11 Å². The normalized spacial score (nSPS) is 18.0. The summed E-state index contributed by atoms with van der Waals surface area (Å²) in [6.07, 6.45) is 3.53. The van der Waals surface area contributed by atoms with Gasteiger partial charge in [0.15, 0.2) is 0 Å². The number of aryl methyl sites for hydroxylation is 1. The van der Waals surface area contributed by atoms with Crippen LogP contribution in [0.4, 0.5) is 0 Å². The fourth-order valence-electron chi connectivity index (χ4n) is 1.96.